The van der Waals surface area contributed by atoms with Crippen LogP contribution >= 0.6 is 11.3 Å². The highest BCUT2D eigenvalue weighted by atomic mass is 32.1. The van der Waals surface area contributed by atoms with E-state index in [0.29, 0.717) is 30.1 Å². The van der Waals surface area contributed by atoms with Gasteiger partial charge < -0.3 is 20.0 Å². The van der Waals surface area contributed by atoms with Crippen LogP contribution in [-0.2, 0) is 6.18 Å². The Bertz CT molecular complexity index is 1680. The highest BCUT2D eigenvalue weighted by Gasteiger charge is 2.32. The number of halogens is 3. The molecular weight excluding hydrogens is 579 g/mol. The maximum atomic E-state index is 13.2. The average Bonchev–Trinajstić information content (AvgIpc) is 3.65. The van der Waals surface area contributed by atoms with Crippen LogP contribution < -0.4 is 10.2 Å². The van der Waals surface area contributed by atoms with Crippen molar-refractivity contribution in [1.29, 1.82) is 0 Å². The summed E-state index contributed by atoms with van der Waals surface area (Å²) in [4.78, 5) is 45.8. The monoisotopic (exact) mass is 609 g/mol. The molecule has 0 bridgehead atoms. The zero-order valence-corrected chi connectivity index (χ0v) is 24.5. The zero-order chi connectivity index (χ0) is 30.3. The fraction of sp³-hybridized carbons (Fsp3) is 0.367. The Morgan fingerprint density at radius 1 is 1.02 bits per heavy atom. The highest BCUT2D eigenvalue weighted by molar-refractivity contribution is 7.21. The number of piperazine rings is 1. The van der Waals surface area contributed by atoms with Crippen molar-refractivity contribution >= 4 is 44.9 Å². The molecule has 0 spiro atoms. The van der Waals surface area contributed by atoms with Gasteiger partial charge in [-0.25, -0.2) is 9.97 Å². The number of anilines is 2. The van der Waals surface area contributed by atoms with Crippen LogP contribution in [0.25, 0.3) is 10.2 Å². The van der Waals surface area contributed by atoms with E-state index in [9.17, 15) is 22.8 Å². The Morgan fingerprint density at radius 3 is 2.58 bits per heavy atom. The van der Waals surface area contributed by atoms with E-state index in [2.05, 4.69) is 37.1 Å². The molecule has 0 saturated carbocycles. The maximum Gasteiger partial charge on any atom is 0.417 e. The molecule has 4 aromatic rings. The molecule has 2 fully saturated rings. The quantitative estimate of drug-likeness (QED) is 0.339. The van der Waals surface area contributed by atoms with Gasteiger partial charge in [-0.3, -0.25) is 14.6 Å². The van der Waals surface area contributed by atoms with Gasteiger partial charge in [0.2, 0.25) is 0 Å². The van der Waals surface area contributed by atoms with Gasteiger partial charge in [-0.1, -0.05) is 6.07 Å². The number of aryl methyl sites for hydroxylation is 1. The fourth-order valence-corrected chi connectivity index (χ4v) is 6.73. The van der Waals surface area contributed by atoms with Gasteiger partial charge in [0.05, 0.1) is 32.5 Å². The van der Waals surface area contributed by atoms with E-state index in [0.717, 1.165) is 65.5 Å². The first-order valence-corrected chi connectivity index (χ1v) is 14.8. The van der Waals surface area contributed by atoms with Crippen LogP contribution in [0.4, 0.5) is 24.7 Å². The van der Waals surface area contributed by atoms with E-state index in [-0.39, 0.29) is 17.5 Å². The summed E-state index contributed by atoms with van der Waals surface area (Å²) in [5.41, 5.74) is 2.17. The maximum absolute atomic E-state index is 13.2. The topological polar surface area (TPSA) is 94.6 Å². The van der Waals surface area contributed by atoms with Gasteiger partial charge in [0.15, 0.2) is 0 Å². The van der Waals surface area contributed by atoms with Gasteiger partial charge >= 0.3 is 6.18 Å². The molecular formula is C30H30F3N7O2S. The second kappa shape index (κ2) is 11.5. The first-order valence-electron chi connectivity index (χ1n) is 14.0. The van der Waals surface area contributed by atoms with E-state index in [1.165, 1.54) is 23.9 Å². The molecule has 13 heteroatoms. The molecule has 3 aromatic heterocycles. The van der Waals surface area contributed by atoms with E-state index in [1.54, 1.807) is 6.07 Å². The van der Waals surface area contributed by atoms with E-state index < -0.39 is 17.6 Å². The summed E-state index contributed by atoms with van der Waals surface area (Å²) in [6.07, 6.45) is -0.291. The van der Waals surface area contributed by atoms with Crippen molar-refractivity contribution in [3.05, 3.63) is 76.2 Å². The molecule has 0 unspecified atom stereocenters. The third-order valence-electron chi connectivity index (χ3n) is 8.09. The number of hydrogen-bond acceptors (Lipinski definition) is 8. The summed E-state index contributed by atoms with van der Waals surface area (Å²) >= 11 is 1.42. The smallest absolute Gasteiger partial charge is 0.355 e. The molecule has 2 aliphatic heterocycles. The number of carbonyl (C=O) groups excluding carboxylic acids is 2. The average molecular weight is 610 g/mol. The number of fused-ring (bicyclic) bond motifs is 1. The Kier molecular flexibility index (Phi) is 7.77. The standard InChI is InChI=1S/C30H30F3N7O2S/c1-18-3-4-19(28(41)37-22-12-21(14-34-15-22)30(31,32)33)11-23(18)20-5-6-40(16-20)27-26-24(35-17-36-27)13-25(43-26)29(42)39-9-7-38(2)8-10-39/h3-4,11-15,17,20H,5-10,16H2,1-2H3,(H,37,41)/t20-/m1/s1. The van der Waals surface area contributed by atoms with E-state index in [1.807, 2.05) is 30.0 Å². The van der Waals surface area contributed by atoms with E-state index >= 15 is 0 Å². The summed E-state index contributed by atoms with van der Waals surface area (Å²) in [7, 11) is 2.05. The Hall–Kier alpha value is -4.10. The van der Waals surface area contributed by atoms with Crippen LogP contribution in [0.5, 0.6) is 0 Å². The van der Waals surface area contributed by atoms with Crippen LogP contribution in [0.2, 0.25) is 0 Å². The van der Waals surface area contributed by atoms with Gasteiger partial charge in [0.1, 0.15) is 12.1 Å². The van der Waals surface area contributed by atoms with Crippen molar-refractivity contribution in [1.82, 2.24) is 24.8 Å². The molecule has 0 radical (unpaired) electrons. The second-order valence-electron chi connectivity index (χ2n) is 11.0. The third kappa shape index (κ3) is 6.04. The number of pyridine rings is 1. The number of aromatic nitrogens is 3. The number of nitrogens with zero attached hydrogens (tertiary/aromatic N) is 6. The Morgan fingerprint density at radius 2 is 1.81 bits per heavy atom. The van der Waals surface area contributed by atoms with Gasteiger partial charge in [-0.2, -0.15) is 13.2 Å². The minimum Gasteiger partial charge on any atom is -0.355 e. The van der Waals surface area contributed by atoms with Crippen molar-refractivity contribution in [3.63, 3.8) is 0 Å². The number of likely N-dealkylation sites (N-methyl/N-ethyl adjacent to an activating group) is 1. The molecule has 9 nitrogen and oxygen atoms in total. The summed E-state index contributed by atoms with van der Waals surface area (Å²) in [6, 6.07) is 8.06. The van der Waals surface area contributed by atoms with Crippen molar-refractivity contribution in [2.45, 2.75) is 25.4 Å². The summed E-state index contributed by atoms with van der Waals surface area (Å²) in [6.45, 7) is 6.47. The molecule has 5 heterocycles. The SMILES string of the molecule is Cc1ccc(C(=O)Nc2cncc(C(F)(F)F)c2)cc1[C@@H]1CCN(c2ncnc3cc(C(=O)N4CCN(C)CC4)sc23)C1. The number of carbonyl (C=O) groups is 2. The number of benzene rings is 1. The van der Waals surface area contributed by atoms with Crippen LogP contribution in [0.15, 0.2) is 49.1 Å². The summed E-state index contributed by atoms with van der Waals surface area (Å²) < 4.78 is 40.1. The Labute approximate surface area is 250 Å². The van der Waals surface area contributed by atoms with Gasteiger partial charge in [-0.05, 0) is 55.8 Å². The van der Waals surface area contributed by atoms with Crippen molar-refractivity contribution in [3.8, 4) is 0 Å². The lowest BCUT2D eigenvalue weighted by molar-refractivity contribution is -0.137. The van der Waals surface area contributed by atoms with Crippen molar-refractivity contribution < 1.29 is 22.8 Å². The lowest BCUT2D eigenvalue weighted by atomic mass is 9.92. The number of nitrogens with one attached hydrogen (secondary N) is 1. The molecule has 1 N–H and O–H groups in total. The first-order chi connectivity index (χ1) is 20.6. The normalized spacial score (nSPS) is 17.9. The number of thiophene rings is 1. The van der Waals surface area contributed by atoms with Gasteiger partial charge in [0, 0.05) is 56.9 Å². The molecule has 2 aliphatic rings. The highest BCUT2D eigenvalue weighted by Crippen LogP contribution is 2.38. The van der Waals surface area contributed by atoms with Gasteiger partial charge in [0.25, 0.3) is 11.8 Å². The third-order valence-corrected chi connectivity index (χ3v) is 9.19. The van der Waals surface area contributed by atoms with Crippen LogP contribution in [0.3, 0.4) is 0 Å². The molecule has 0 aliphatic carbocycles. The minimum atomic E-state index is -4.56. The van der Waals surface area contributed by atoms with Gasteiger partial charge in [-0.15, -0.1) is 11.3 Å². The van der Waals surface area contributed by atoms with Crippen molar-refractivity contribution in [2.24, 2.45) is 0 Å². The molecule has 1 aromatic carbocycles. The predicted octanol–water partition coefficient (Wildman–Crippen LogP) is 5.05. The largest absolute Gasteiger partial charge is 0.417 e. The van der Waals surface area contributed by atoms with Crippen LogP contribution in [-0.4, -0.2) is 82.9 Å². The zero-order valence-electron chi connectivity index (χ0n) is 23.7. The lowest BCUT2D eigenvalue weighted by Crippen LogP contribution is -2.46. The van der Waals surface area contributed by atoms with Crippen molar-refractivity contribution in [2.75, 3.05) is 56.5 Å². The lowest BCUT2D eigenvalue weighted by Gasteiger charge is -2.32. The minimum absolute atomic E-state index is 0.0213. The molecule has 43 heavy (non-hydrogen) atoms. The number of rotatable bonds is 5. The van der Waals surface area contributed by atoms with Crippen LogP contribution in [0.1, 0.15) is 49.1 Å². The molecule has 224 valence electrons. The van der Waals surface area contributed by atoms with Crippen LogP contribution in [0, 0.1) is 6.92 Å². The fourth-order valence-electron chi connectivity index (χ4n) is 5.63. The number of hydrogen-bond donors (Lipinski definition) is 1. The summed E-state index contributed by atoms with van der Waals surface area (Å²) in [5, 5.41) is 2.54. The van der Waals surface area contributed by atoms with E-state index in [4.69, 9.17) is 0 Å². The molecule has 2 amide bonds. The Balaban J connectivity index is 1.19. The molecule has 1 atom stereocenters. The number of amides is 2. The summed E-state index contributed by atoms with van der Waals surface area (Å²) in [5.74, 6) is 0.414. The second-order valence-corrected chi connectivity index (χ2v) is 12.1. The number of alkyl halides is 3. The predicted molar refractivity (Wildman–Crippen MR) is 159 cm³/mol. The molecule has 6 rings (SSSR count). The molecule has 2 saturated heterocycles. The first kappa shape index (κ1) is 29.0.